The lowest BCUT2D eigenvalue weighted by Gasteiger charge is -2.15. The van der Waals surface area contributed by atoms with Crippen molar-refractivity contribution in [3.8, 4) is 11.1 Å². The molecular weight excluding hydrogens is 356 g/mol. The van der Waals surface area contributed by atoms with E-state index < -0.39 is 0 Å². The monoisotopic (exact) mass is 382 g/mol. The molecule has 0 atom stereocenters. The lowest BCUT2D eigenvalue weighted by atomic mass is 10.0. The molecule has 0 saturated heterocycles. The van der Waals surface area contributed by atoms with Crippen molar-refractivity contribution in [1.29, 1.82) is 0 Å². The summed E-state index contributed by atoms with van der Waals surface area (Å²) in [5.74, 6) is 0. The van der Waals surface area contributed by atoms with Crippen LogP contribution in [-0.4, -0.2) is 39.1 Å². The second-order valence-electron chi connectivity index (χ2n) is 7.86. The van der Waals surface area contributed by atoms with E-state index in [9.17, 15) is 0 Å². The summed E-state index contributed by atoms with van der Waals surface area (Å²) < 4.78 is 2.04. The maximum atomic E-state index is 6.16. The van der Waals surface area contributed by atoms with E-state index in [0.717, 1.165) is 64.2 Å². The average molecular weight is 383 g/mol. The smallest absolute Gasteiger partial charge is 0.163 e. The van der Waals surface area contributed by atoms with Crippen molar-refractivity contribution >= 4 is 17.2 Å². The molecule has 2 aromatic heterocycles. The van der Waals surface area contributed by atoms with Crippen molar-refractivity contribution in [3.63, 3.8) is 0 Å². The minimum absolute atomic E-state index is 0.759. The molecule has 4 rings (SSSR count). The van der Waals surface area contributed by atoms with Crippen LogP contribution >= 0.6 is 11.6 Å². The van der Waals surface area contributed by atoms with Crippen LogP contribution < -0.4 is 0 Å². The lowest BCUT2D eigenvalue weighted by Crippen LogP contribution is -2.22. The second-order valence-corrected chi connectivity index (χ2v) is 8.30. The largest absolute Gasteiger partial charge is 0.303 e. The highest BCUT2D eigenvalue weighted by molar-refractivity contribution is 6.30. The van der Waals surface area contributed by atoms with Crippen LogP contribution in [0.5, 0.6) is 0 Å². The third kappa shape index (κ3) is 3.74. The number of aromatic nitrogens is 3. The minimum atomic E-state index is 0.759. The Labute approximate surface area is 166 Å². The van der Waals surface area contributed by atoms with Gasteiger partial charge in [0.15, 0.2) is 5.65 Å². The van der Waals surface area contributed by atoms with Gasteiger partial charge in [0.2, 0.25) is 0 Å². The normalized spacial score (nSPS) is 14.4. The summed E-state index contributed by atoms with van der Waals surface area (Å²) in [4.78, 5) is 7.32. The summed E-state index contributed by atoms with van der Waals surface area (Å²) >= 11 is 6.16. The van der Waals surface area contributed by atoms with Gasteiger partial charge in [0.05, 0.1) is 5.69 Å². The maximum absolute atomic E-state index is 6.16. The highest BCUT2D eigenvalue weighted by atomic mass is 35.5. The fourth-order valence-corrected chi connectivity index (χ4v) is 4.16. The molecule has 0 spiro atoms. The van der Waals surface area contributed by atoms with Gasteiger partial charge in [-0.25, -0.2) is 9.50 Å². The Morgan fingerprint density at radius 3 is 2.67 bits per heavy atom. The Balaban J connectivity index is 1.70. The molecule has 0 N–H and O–H groups in total. The first-order valence-corrected chi connectivity index (χ1v) is 10.1. The molecule has 0 unspecified atom stereocenters. The highest BCUT2D eigenvalue weighted by Crippen LogP contribution is 2.32. The fraction of sp³-hybridized carbons (Fsp3) is 0.455. The van der Waals surface area contributed by atoms with E-state index in [2.05, 4.69) is 44.9 Å². The Morgan fingerprint density at radius 1 is 1.19 bits per heavy atom. The van der Waals surface area contributed by atoms with Crippen molar-refractivity contribution in [2.45, 2.75) is 52.5 Å². The van der Waals surface area contributed by atoms with Gasteiger partial charge < -0.3 is 4.90 Å². The van der Waals surface area contributed by atoms with Gasteiger partial charge in [-0.05, 0) is 89.4 Å². The Hall–Kier alpha value is -1.91. The summed E-state index contributed by atoms with van der Waals surface area (Å²) in [6.07, 6.45) is 4.87. The van der Waals surface area contributed by atoms with Gasteiger partial charge in [0, 0.05) is 28.0 Å². The molecule has 1 saturated carbocycles. The van der Waals surface area contributed by atoms with Gasteiger partial charge in [0.1, 0.15) is 0 Å². The van der Waals surface area contributed by atoms with E-state index in [0.29, 0.717) is 0 Å². The molecule has 2 heterocycles. The molecule has 27 heavy (non-hydrogen) atoms. The molecule has 1 aliphatic rings. The second kappa shape index (κ2) is 7.25. The molecule has 0 radical (unpaired) electrons. The zero-order chi connectivity index (χ0) is 19.1. The predicted octanol–water partition coefficient (Wildman–Crippen LogP) is 5.00. The van der Waals surface area contributed by atoms with Crippen LogP contribution in [0.25, 0.3) is 16.8 Å². The van der Waals surface area contributed by atoms with Gasteiger partial charge >= 0.3 is 0 Å². The van der Waals surface area contributed by atoms with Gasteiger partial charge in [-0.3, -0.25) is 0 Å². The van der Waals surface area contributed by atoms with Crippen molar-refractivity contribution in [2.75, 3.05) is 13.6 Å². The van der Waals surface area contributed by atoms with E-state index in [1.54, 1.807) is 0 Å². The minimum Gasteiger partial charge on any atom is -0.303 e. The molecule has 1 fully saturated rings. The number of nitrogens with zero attached hydrogens (tertiary/aromatic N) is 4. The van der Waals surface area contributed by atoms with Crippen molar-refractivity contribution < 1.29 is 0 Å². The molecule has 1 aromatic carbocycles. The first-order valence-electron chi connectivity index (χ1n) is 9.76. The molecule has 5 heteroatoms. The number of fused-ring (bicyclic) bond motifs is 1. The first-order chi connectivity index (χ1) is 12.9. The number of halogens is 1. The van der Waals surface area contributed by atoms with E-state index in [1.807, 2.05) is 16.6 Å². The van der Waals surface area contributed by atoms with Crippen molar-refractivity contribution in [3.05, 3.63) is 51.9 Å². The lowest BCUT2D eigenvalue weighted by molar-refractivity contribution is 0.319. The number of hydrogen-bond donors (Lipinski definition) is 0. The molecule has 4 nitrogen and oxygen atoms in total. The van der Waals surface area contributed by atoms with E-state index >= 15 is 0 Å². The Morgan fingerprint density at radius 2 is 1.96 bits per heavy atom. The maximum Gasteiger partial charge on any atom is 0.163 e. The van der Waals surface area contributed by atoms with E-state index in [4.69, 9.17) is 21.7 Å². The number of hydrogen-bond acceptors (Lipinski definition) is 3. The molecule has 142 valence electrons. The van der Waals surface area contributed by atoms with Crippen molar-refractivity contribution in [2.24, 2.45) is 0 Å². The van der Waals surface area contributed by atoms with Crippen LogP contribution in [0.4, 0.5) is 0 Å². The standard InChI is InChI=1S/C22H27ClN4/c1-14-12-17(23)7-10-20(14)21-16(3)25-27-19(13-15(2)24-22(21)27)6-5-11-26(4)18-8-9-18/h7,10,12-13,18H,5-6,8-9,11H2,1-4H3. The van der Waals surface area contributed by atoms with Crippen LogP contribution in [0.2, 0.25) is 5.02 Å². The fourth-order valence-electron chi connectivity index (χ4n) is 3.93. The number of rotatable bonds is 6. The van der Waals surface area contributed by atoms with Gasteiger partial charge in [-0.2, -0.15) is 5.10 Å². The molecular formula is C22H27ClN4. The molecule has 0 aliphatic heterocycles. The number of aryl methyl sites for hydroxylation is 4. The number of benzene rings is 1. The molecule has 1 aliphatic carbocycles. The van der Waals surface area contributed by atoms with Crippen LogP contribution in [0.1, 0.15) is 41.9 Å². The summed E-state index contributed by atoms with van der Waals surface area (Å²) in [6.45, 7) is 7.37. The van der Waals surface area contributed by atoms with E-state index in [-0.39, 0.29) is 0 Å². The van der Waals surface area contributed by atoms with Crippen LogP contribution in [0.15, 0.2) is 24.3 Å². The quantitative estimate of drug-likeness (QED) is 0.601. The Bertz CT molecular complexity index is 988. The Kier molecular flexibility index (Phi) is 4.95. The van der Waals surface area contributed by atoms with Crippen molar-refractivity contribution in [1.82, 2.24) is 19.5 Å². The van der Waals surface area contributed by atoms with Crippen LogP contribution in [0.3, 0.4) is 0 Å². The molecule has 0 amide bonds. The molecule has 0 bridgehead atoms. The zero-order valence-corrected chi connectivity index (χ0v) is 17.3. The zero-order valence-electron chi connectivity index (χ0n) is 16.6. The third-order valence-electron chi connectivity index (χ3n) is 5.54. The predicted molar refractivity (Wildman–Crippen MR) is 112 cm³/mol. The van der Waals surface area contributed by atoms with Gasteiger partial charge in [-0.15, -0.1) is 0 Å². The average Bonchev–Trinajstić information content (AvgIpc) is 3.40. The topological polar surface area (TPSA) is 33.4 Å². The van der Waals surface area contributed by atoms with Crippen LogP contribution in [-0.2, 0) is 6.42 Å². The SMILES string of the molecule is Cc1cc(CCCN(C)C2CC2)n2nc(C)c(-c3ccc(Cl)cc3C)c2n1. The summed E-state index contributed by atoms with van der Waals surface area (Å²) in [5, 5.41) is 5.61. The van der Waals surface area contributed by atoms with E-state index in [1.165, 1.54) is 18.5 Å². The summed E-state index contributed by atoms with van der Waals surface area (Å²) in [7, 11) is 2.24. The summed E-state index contributed by atoms with van der Waals surface area (Å²) in [5.41, 5.74) is 7.66. The van der Waals surface area contributed by atoms with Gasteiger partial charge in [0.25, 0.3) is 0 Å². The van der Waals surface area contributed by atoms with Gasteiger partial charge in [-0.1, -0.05) is 17.7 Å². The molecule has 3 aromatic rings. The highest BCUT2D eigenvalue weighted by Gasteiger charge is 2.25. The summed E-state index contributed by atoms with van der Waals surface area (Å²) in [6, 6.07) is 9.02. The first kappa shape index (κ1) is 18.5. The third-order valence-corrected chi connectivity index (χ3v) is 5.77. The van der Waals surface area contributed by atoms with Crippen LogP contribution in [0, 0.1) is 20.8 Å².